The quantitative estimate of drug-likeness (QED) is 0.0188. The molecule has 0 aromatic rings. The van der Waals surface area contributed by atoms with Gasteiger partial charge in [-0.3, -0.25) is 0 Å². The molecule has 0 rings (SSSR count). The third kappa shape index (κ3) is 35.0. The maximum atomic E-state index is 10.4. The first-order valence-electron chi connectivity index (χ1n) is 17.9. The molecular weight excluding hydrogens is 626 g/mol. The number of unbranched alkanes of at least 4 members (excludes halogenated alkanes) is 24. The summed E-state index contributed by atoms with van der Waals surface area (Å²) in [5.74, 6) is -5.58. The zero-order valence-corrected chi connectivity index (χ0v) is 32.0. The molecule has 0 atom stereocenters. The summed E-state index contributed by atoms with van der Waals surface area (Å²) in [6.07, 6.45) is 32.6. The van der Waals surface area contributed by atoms with Gasteiger partial charge in [0.05, 0.1) is 0 Å². The molecule has 9 heteroatoms. The van der Waals surface area contributed by atoms with Crippen molar-refractivity contribution in [2.75, 3.05) is 0 Å². The zero-order valence-electron chi connectivity index (χ0n) is 29.0. The van der Waals surface area contributed by atoms with E-state index in [0.29, 0.717) is 0 Å². The Labute approximate surface area is 287 Å². The van der Waals surface area contributed by atoms with Crippen molar-refractivity contribution in [2.45, 2.75) is 194 Å². The van der Waals surface area contributed by atoms with Gasteiger partial charge < -0.3 is 30.6 Å². The molecule has 0 heterocycles. The van der Waals surface area contributed by atoms with Crippen molar-refractivity contribution >= 4 is 11.9 Å². The Balaban J connectivity index is -0.000000767. The molecule has 0 bridgehead atoms. The molecule has 0 unspecified atom stereocenters. The summed E-state index contributed by atoms with van der Waals surface area (Å²) in [7, 11) is 0. The third-order valence-corrected chi connectivity index (χ3v) is 7.99. The number of aliphatic hydroxyl groups is 4. The molecule has 0 fully saturated rings. The summed E-state index contributed by atoms with van der Waals surface area (Å²) >= 11 is 0. The number of carboxylic acid groups (broad SMARTS) is 2. The van der Waals surface area contributed by atoms with Crippen LogP contribution in [0.25, 0.3) is 0 Å². The smallest absolute Gasteiger partial charge is 0.374 e. The van der Waals surface area contributed by atoms with Gasteiger partial charge in [0.1, 0.15) is 11.5 Å². The molecule has 0 spiro atoms. The molecule has 0 aliphatic rings. The molecule has 262 valence electrons. The molecule has 0 saturated heterocycles. The minimum Gasteiger partial charge on any atom is -0.508 e. The van der Waals surface area contributed by atoms with Crippen molar-refractivity contribution in [1.82, 2.24) is 0 Å². The first kappa shape index (κ1) is 47.6. The molecule has 0 aromatic heterocycles. The normalized spacial score (nSPS) is 12.0. The van der Waals surface area contributed by atoms with Crippen LogP contribution in [0, 0.1) is 0 Å². The molecule has 0 saturated carbocycles. The SMILES string of the molecule is CCCCCCCCCCCCCCCC(O)=C(O)C(=O)O.CCCCCCCCCCCCCCCC(O)=C(O)C(=O)O.[Zn]. The Morgan fingerprint density at radius 1 is 0.333 bits per heavy atom. The summed E-state index contributed by atoms with van der Waals surface area (Å²) in [6.45, 7) is 4.49. The van der Waals surface area contributed by atoms with Gasteiger partial charge in [-0.25, -0.2) is 9.59 Å². The number of allylic oxidation sites excluding steroid dienone is 2. The first-order chi connectivity index (χ1) is 21.2. The van der Waals surface area contributed by atoms with Crippen molar-refractivity contribution in [1.29, 1.82) is 0 Å². The number of aliphatic carboxylic acids is 2. The van der Waals surface area contributed by atoms with Crippen LogP contribution in [0.5, 0.6) is 0 Å². The van der Waals surface area contributed by atoms with Crippen LogP contribution in [-0.2, 0) is 29.1 Å². The van der Waals surface area contributed by atoms with E-state index < -0.39 is 35.0 Å². The molecular formula is C36H68O8Zn. The Hall–Kier alpha value is -1.76. The number of hydrogen-bond donors (Lipinski definition) is 6. The predicted molar refractivity (Wildman–Crippen MR) is 180 cm³/mol. The van der Waals surface area contributed by atoms with E-state index in [1.807, 2.05) is 0 Å². The molecule has 0 aliphatic heterocycles. The van der Waals surface area contributed by atoms with E-state index in [0.717, 1.165) is 38.5 Å². The first-order valence-corrected chi connectivity index (χ1v) is 17.9. The summed E-state index contributed by atoms with van der Waals surface area (Å²) in [6, 6.07) is 0. The fraction of sp³-hybridized carbons (Fsp3) is 0.833. The van der Waals surface area contributed by atoms with Gasteiger partial charge in [-0.15, -0.1) is 0 Å². The molecule has 6 N–H and O–H groups in total. The Morgan fingerprint density at radius 3 is 0.689 bits per heavy atom. The van der Waals surface area contributed by atoms with E-state index in [1.54, 1.807) is 0 Å². The number of aliphatic hydroxyl groups excluding tert-OH is 4. The number of rotatable bonds is 30. The van der Waals surface area contributed by atoms with Gasteiger partial charge in [0.2, 0.25) is 11.5 Å². The van der Waals surface area contributed by atoms with Crippen LogP contribution in [0.15, 0.2) is 23.0 Å². The van der Waals surface area contributed by atoms with E-state index in [1.165, 1.54) is 128 Å². The molecule has 8 nitrogen and oxygen atoms in total. The molecule has 0 aliphatic carbocycles. The van der Waals surface area contributed by atoms with Crippen molar-refractivity contribution in [3.8, 4) is 0 Å². The molecule has 0 aromatic carbocycles. The molecule has 45 heavy (non-hydrogen) atoms. The van der Waals surface area contributed by atoms with E-state index in [2.05, 4.69) is 13.8 Å². The van der Waals surface area contributed by atoms with Gasteiger partial charge in [-0.2, -0.15) is 0 Å². The number of carboxylic acids is 2. The van der Waals surface area contributed by atoms with Gasteiger partial charge in [-0.1, -0.05) is 168 Å². The van der Waals surface area contributed by atoms with E-state index >= 15 is 0 Å². The van der Waals surface area contributed by atoms with Crippen LogP contribution in [0.1, 0.15) is 194 Å². The van der Waals surface area contributed by atoms with Crippen LogP contribution in [-0.4, -0.2) is 42.6 Å². The second-order valence-electron chi connectivity index (χ2n) is 12.2. The summed E-state index contributed by atoms with van der Waals surface area (Å²) in [5.41, 5.74) is 0. The third-order valence-electron chi connectivity index (χ3n) is 7.99. The fourth-order valence-electron chi connectivity index (χ4n) is 5.10. The topological polar surface area (TPSA) is 156 Å². The summed E-state index contributed by atoms with van der Waals surface area (Å²) in [5, 5.41) is 53.6. The van der Waals surface area contributed by atoms with Crippen molar-refractivity contribution in [3.63, 3.8) is 0 Å². The van der Waals surface area contributed by atoms with Crippen LogP contribution in [0.3, 0.4) is 0 Å². The minimum atomic E-state index is -1.47. The maximum Gasteiger partial charge on any atom is 0.374 e. The number of hydrogen-bond acceptors (Lipinski definition) is 6. The molecule has 0 amide bonds. The predicted octanol–water partition coefficient (Wildman–Crippen LogP) is 11.8. The minimum absolute atomic E-state index is 0. The van der Waals surface area contributed by atoms with E-state index in [-0.39, 0.29) is 32.3 Å². The Morgan fingerprint density at radius 2 is 0.511 bits per heavy atom. The van der Waals surface area contributed by atoms with Gasteiger partial charge in [0.25, 0.3) is 0 Å². The standard InChI is InChI=1S/2C18H34O4.Zn/c2*1-2-3-4-5-6-7-8-9-10-11-12-13-14-15-16(19)17(20)18(21)22;/h2*19-20H,2-15H2,1H3,(H,21,22);. The van der Waals surface area contributed by atoms with Crippen LogP contribution < -0.4 is 0 Å². The van der Waals surface area contributed by atoms with Crippen LogP contribution in [0.4, 0.5) is 0 Å². The summed E-state index contributed by atoms with van der Waals surface area (Å²) < 4.78 is 0. The van der Waals surface area contributed by atoms with Gasteiger partial charge >= 0.3 is 11.9 Å². The zero-order chi connectivity index (χ0) is 33.3. The van der Waals surface area contributed by atoms with E-state index in [9.17, 15) is 19.8 Å². The van der Waals surface area contributed by atoms with Gasteiger partial charge in [0, 0.05) is 32.3 Å². The number of carbonyl (C=O) groups is 2. The van der Waals surface area contributed by atoms with Crippen LogP contribution in [0.2, 0.25) is 0 Å². The van der Waals surface area contributed by atoms with Gasteiger partial charge in [-0.05, 0) is 12.8 Å². The largest absolute Gasteiger partial charge is 0.508 e. The monoisotopic (exact) mass is 692 g/mol. The maximum absolute atomic E-state index is 10.4. The van der Waals surface area contributed by atoms with Crippen molar-refractivity contribution in [2.24, 2.45) is 0 Å². The van der Waals surface area contributed by atoms with Crippen molar-refractivity contribution in [3.05, 3.63) is 23.0 Å². The van der Waals surface area contributed by atoms with Gasteiger partial charge in [0.15, 0.2) is 0 Å². The Kier molecular flexibility index (Phi) is 38.9. The van der Waals surface area contributed by atoms with Crippen molar-refractivity contribution < 1.29 is 59.7 Å². The molecule has 0 radical (unpaired) electrons. The summed E-state index contributed by atoms with van der Waals surface area (Å²) in [4.78, 5) is 20.8. The van der Waals surface area contributed by atoms with Crippen LogP contribution >= 0.6 is 0 Å². The second kappa shape index (κ2) is 36.7. The average molecular weight is 694 g/mol. The Bertz CT molecular complexity index is 689. The second-order valence-corrected chi connectivity index (χ2v) is 12.2. The van der Waals surface area contributed by atoms with E-state index in [4.69, 9.17) is 20.4 Å². The average Bonchev–Trinajstić information content (AvgIpc) is 3.00. The fourth-order valence-corrected chi connectivity index (χ4v) is 5.10.